The van der Waals surface area contributed by atoms with Crippen LogP contribution >= 0.6 is 11.3 Å². The third-order valence-electron chi connectivity index (χ3n) is 5.21. The number of likely N-dealkylation sites (tertiary alicyclic amines) is 2. The van der Waals surface area contributed by atoms with Gasteiger partial charge >= 0.3 is 0 Å². The van der Waals surface area contributed by atoms with Crippen molar-refractivity contribution in [2.45, 2.75) is 31.7 Å². The molecule has 0 unspecified atom stereocenters. The predicted octanol–water partition coefficient (Wildman–Crippen LogP) is 3.33. The molecular weight excluding hydrogens is 334 g/mol. The molecule has 2 aromatic rings. The first-order valence-electron chi connectivity index (χ1n) is 9.01. The molecule has 1 atom stereocenters. The molecule has 0 aromatic carbocycles. The highest BCUT2D eigenvalue weighted by Crippen LogP contribution is 2.34. The number of nitrogens with one attached hydrogen (secondary N) is 1. The molecule has 0 bridgehead atoms. The second-order valence-corrected chi connectivity index (χ2v) is 7.85. The van der Waals surface area contributed by atoms with Crippen LogP contribution in [-0.4, -0.2) is 52.7 Å². The molecule has 2 saturated heterocycles. The Bertz CT molecular complexity index is 747. The van der Waals surface area contributed by atoms with Crippen molar-refractivity contribution in [2.24, 2.45) is 0 Å². The van der Waals surface area contributed by atoms with Crippen LogP contribution in [0.1, 0.15) is 57.4 Å². The first-order chi connectivity index (χ1) is 12.2. The smallest absolute Gasteiger partial charge is 0.270 e. The summed E-state index contributed by atoms with van der Waals surface area (Å²) in [5.74, 6) is 0.0920. The Morgan fingerprint density at radius 1 is 1.20 bits per heavy atom. The minimum atomic E-state index is 0.00850. The molecule has 2 aliphatic rings. The van der Waals surface area contributed by atoms with Crippen LogP contribution < -0.4 is 0 Å². The number of ketones is 1. The van der Waals surface area contributed by atoms with Crippen molar-refractivity contribution in [1.82, 2.24) is 14.8 Å². The summed E-state index contributed by atoms with van der Waals surface area (Å²) >= 11 is 1.76. The molecule has 1 amide bonds. The largest absolute Gasteiger partial charge is 0.356 e. The zero-order valence-corrected chi connectivity index (χ0v) is 15.1. The monoisotopic (exact) mass is 357 g/mol. The summed E-state index contributed by atoms with van der Waals surface area (Å²) < 4.78 is 0. The number of rotatable bonds is 5. The van der Waals surface area contributed by atoms with E-state index in [-0.39, 0.29) is 11.7 Å². The number of hydrogen-bond acceptors (Lipinski definition) is 4. The number of aromatic nitrogens is 1. The standard InChI is InChI=1S/C19H23N3O2S/c23-17(13-22-9-3-5-16(22)18-6-4-10-25-18)14-11-15(20-12-14)19(24)21-7-1-2-8-21/h4,6,10-12,16,20H,1-3,5,7-9,13H2/t16-/m0/s1. The SMILES string of the molecule is O=C(CN1CCC[C@H]1c1cccs1)c1c[nH]c(C(=O)N2CCCC2)c1. The van der Waals surface area contributed by atoms with E-state index in [0.29, 0.717) is 23.8 Å². The normalized spacial score (nSPS) is 21.1. The number of H-pyrrole nitrogens is 1. The molecule has 0 spiro atoms. The van der Waals surface area contributed by atoms with E-state index < -0.39 is 0 Å². The Kier molecular flexibility index (Phi) is 4.72. The highest BCUT2D eigenvalue weighted by atomic mass is 32.1. The summed E-state index contributed by atoms with van der Waals surface area (Å²) in [4.78, 5) is 33.6. The molecule has 4 heterocycles. The van der Waals surface area contributed by atoms with Gasteiger partial charge in [-0.1, -0.05) is 6.07 Å². The first kappa shape index (κ1) is 16.5. The van der Waals surface area contributed by atoms with Crippen LogP contribution in [0, 0.1) is 0 Å². The number of amides is 1. The lowest BCUT2D eigenvalue weighted by Crippen LogP contribution is -2.29. The van der Waals surface area contributed by atoms with Gasteiger partial charge < -0.3 is 9.88 Å². The predicted molar refractivity (Wildman–Crippen MR) is 98.1 cm³/mol. The van der Waals surface area contributed by atoms with Crippen molar-refractivity contribution < 1.29 is 9.59 Å². The van der Waals surface area contributed by atoms with Crippen LogP contribution in [0.15, 0.2) is 29.8 Å². The fourth-order valence-corrected chi connectivity index (χ4v) is 4.76. The molecule has 5 nitrogen and oxygen atoms in total. The summed E-state index contributed by atoms with van der Waals surface area (Å²) in [6, 6.07) is 6.30. The summed E-state index contributed by atoms with van der Waals surface area (Å²) in [6.45, 7) is 3.00. The molecule has 25 heavy (non-hydrogen) atoms. The van der Waals surface area contributed by atoms with Gasteiger partial charge in [-0.3, -0.25) is 14.5 Å². The van der Waals surface area contributed by atoms with Crippen LogP contribution in [-0.2, 0) is 0 Å². The van der Waals surface area contributed by atoms with Gasteiger partial charge in [0.05, 0.1) is 6.54 Å². The van der Waals surface area contributed by atoms with Crippen molar-refractivity contribution in [1.29, 1.82) is 0 Å². The summed E-state index contributed by atoms with van der Waals surface area (Å²) in [5, 5.41) is 2.09. The molecular formula is C19H23N3O2S. The second kappa shape index (κ2) is 7.14. The van der Waals surface area contributed by atoms with Crippen molar-refractivity contribution in [3.05, 3.63) is 45.9 Å². The zero-order valence-electron chi connectivity index (χ0n) is 14.2. The Labute approximate surface area is 151 Å². The van der Waals surface area contributed by atoms with E-state index in [1.54, 1.807) is 23.6 Å². The van der Waals surface area contributed by atoms with Gasteiger partial charge in [0.25, 0.3) is 5.91 Å². The lowest BCUT2D eigenvalue weighted by molar-refractivity contribution is 0.0787. The fourth-order valence-electron chi connectivity index (χ4n) is 3.86. The van der Waals surface area contributed by atoms with Crippen molar-refractivity contribution >= 4 is 23.0 Å². The minimum Gasteiger partial charge on any atom is -0.356 e. The average Bonchev–Trinajstić information content (AvgIpc) is 3.41. The first-order valence-corrected chi connectivity index (χ1v) is 9.88. The van der Waals surface area contributed by atoms with Gasteiger partial charge in [0, 0.05) is 35.8 Å². The lowest BCUT2D eigenvalue weighted by Gasteiger charge is -2.22. The third kappa shape index (κ3) is 3.41. The van der Waals surface area contributed by atoms with Gasteiger partial charge in [0.2, 0.25) is 0 Å². The molecule has 4 rings (SSSR count). The topological polar surface area (TPSA) is 56.4 Å². The van der Waals surface area contributed by atoms with Gasteiger partial charge in [0.1, 0.15) is 5.69 Å². The maximum atomic E-state index is 12.7. The van der Waals surface area contributed by atoms with Crippen LogP contribution in [0.5, 0.6) is 0 Å². The molecule has 6 heteroatoms. The van der Waals surface area contributed by atoms with E-state index in [1.807, 2.05) is 4.90 Å². The van der Waals surface area contributed by atoms with E-state index in [2.05, 4.69) is 27.4 Å². The van der Waals surface area contributed by atoms with Crippen LogP contribution in [0.3, 0.4) is 0 Å². The zero-order chi connectivity index (χ0) is 17.2. The highest BCUT2D eigenvalue weighted by molar-refractivity contribution is 7.10. The van der Waals surface area contributed by atoms with E-state index in [1.165, 1.54) is 4.88 Å². The van der Waals surface area contributed by atoms with Crippen molar-refractivity contribution in [3.63, 3.8) is 0 Å². The van der Waals surface area contributed by atoms with Crippen LogP contribution in [0.2, 0.25) is 0 Å². The number of aromatic amines is 1. The number of carbonyl (C=O) groups excluding carboxylic acids is 2. The molecule has 132 valence electrons. The summed E-state index contributed by atoms with van der Waals surface area (Å²) in [7, 11) is 0. The minimum absolute atomic E-state index is 0.00850. The molecule has 2 aromatic heterocycles. The average molecular weight is 357 g/mol. The van der Waals surface area contributed by atoms with Gasteiger partial charge in [-0.2, -0.15) is 0 Å². The van der Waals surface area contributed by atoms with Gasteiger partial charge in [-0.25, -0.2) is 0 Å². The van der Waals surface area contributed by atoms with Gasteiger partial charge in [-0.05, 0) is 49.7 Å². The number of Topliss-reactive ketones (excluding diaryl/α,β-unsaturated/α-hetero) is 1. The van der Waals surface area contributed by atoms with Crippen LogP contribution in [0.4, 0.5) is 0 Å². The Hall–Kier alpha value is -1.92. The van der Waals surface area contributed by atoms with Gasteiger partial charge in [0.15, 0.2) is 5.78 Å². The lowest BCUT2D eigenvalue weighted by atomic mass is 10.1. The van der Waals surface area contributed by atoms with E-state index in [0.717, 1.165) is 45.3 Å². The molecule has 1 N–H and O–H groups in total. The maximum Gasteiger partial charge on any atom is 0.270 e. The number of nitrogens with zero attached hydrogens (tertiary/aromatic N) is 2. The molecule has 0 saturated carbocycles. The molecule has 0 radical (unpaired) electrons. The van der Waals surface area contributed by atoms with Crippen molar-refractivity contribution in [2.75, 3.05) is 26.2 Å². The number of hydrogen-bond donors (Lipinski definition) is 1. The molecule has 0 aliphatic carbocycles. The second-order valence-electron chi connectivity index (χ2n) is 6.87. The third-order valence-corrected chi connectivity index (χ3v) is 6.18. The van der Waals surface area contributed by atoms with Gasteiger partial charge in [-0.15, -0.1) is 11.3 Å². The Morgan fingerprint density at radius 3 is 2.80 bits per heavy atom. The van der Waals surface area contributed by atoms with E-state index in [9.17, 15) is 9.59 Å². The van der Waals surface area contributed by atoms with Crippen molar-refractivity contribution in [3.8, 4) is 0 Å². The fraction of sp³-hybridized carbons (Fsp3) is 0.474. The number of thiophene rings is 1. The molecule has 2 fully saturated rings. The quantitative estimate of drug-likeness (QED) is 0.835. The highest BCUT2D eigenvalue weighted by Gasteiger charge is 2.29. The number of carbonyl (C=O) groups is 2. The maximum absolute atomic E-state index is 12.7. The Morgan fingerprint density at radius 2 is 2.04 bits per heavy atom. The van der Waals surface area contributed by atoms with E-state index >= 15 is 0 Å². The Balaban J connectivity index is 1.42. The van der Waals surface area contributed by atoms with E-state index in [4.69, 9.17) is 0 Å². The molecule has 2 aliphatic heterocycles. The van der Waals surface area contributed by atoms with Crippen LogP contribution in [0.25, 0.3) is 0 Å². The summed E-state index contributed by atoms with van der Waals surface area (Å²) in [6.07, 6.45) is 6.05. The summed E-state index contributed by atoms with van der Waals surface area (Å²) in [5.41, 5.74) is 1.14.